The van der Waals surface area contributed by atoms with E-state index in [0.717, 1.165) is 5.56 Å². The second-order valence-electron chi connectivity index (χ2n) is 5.58. The molecule has 1 aromatic rings. The molecule has 1 unspecified atom stereocenters. The molecule has 0 aliphatic heterocycles. The van der Waals surface area contributed by atoms with Gasteiger partial charge in [0.05, 0.1) is 20.8 Å². The van der Waals surface area contributed by atoms with Crippen molar-refractivity contribution in [3.05, 3.63) is 23.3 Å². The maximum absolute atomic E-state index is 11.7. The topological polar surface area (TPSA) is 86.6 Å². The van der Waals surface area contributed by atoms with Gasteiger partial charge in [-0.15, -0.1) is 0 Å². The zero-order valence-corrected chi connectivity index (χ0v) is 15.4. The Hall–Kier alpha value is -2.72. The van der Waals surface area contributed by atoms with Crippen molar-refractivity contribution in [2.24, 2.45) is 5.16 Å². The van der Waals surface area contributed by atoms with E-state index in [0.29, 0.717) is 42.0 Å². The molecule has 140 valence electrons. The molecule has 1 aliphatic rings. The van der Waals surface area contributed by atoms with Gasteiger partial charge in [0, 0.05) is 17.0 Å². The van der Waals surface area contributed by atoms with E-state index in [-0.39, 0.29) is 6.61 Å². The van der Waals surface area contributed by atoms with Crippen LogP contribution >= 0.6 is 0 Å². The van der Waals surface area contributed by atoms with Crippen LogP contribution in [0.4, 0.5) is 0 Å². The maximum Gasteiger partial charge on any atom is 0.384 e. The van der Waals surface area contributed by atoms with E-state index in [2.05, 4.69) is 17.0 Å². The first-order chi connectivity index (χ1) is 12.5. The minimum absolute atomic E-state index is 0.201. The first-order valence-corrected chi connectivity index (χ1v) is 8.28. The standard InChI is InChI=1S/C19H23NO6/c1-5-26-17(21)11-12-19(22)14-9-10-15(23-2)18(24-3)13(14)7-6-8-16(19)20-25-4/h9-10,22H,5-8H2,1-4H3/b20-16+. The molecule has 0 heterocycles. The van der Waals surface area contributed by atoms with E-state index in [4.69, 9.17) is 19.0 Å². The highest BCUT2D eigenvalue weighted by Crippen LogP contribution is 2.41. The molecule has 1 aliphatic carbocycles. The number of methoxy groups -OCH3 is 2. The number of esters is 1. The van der Waals surface area contributed by atoms with Crippen molar-refractivity contribution in [1.29, 1.82) is 0 Å². The average molecular weight is 361 g/mol. The third-order valence-electron chi connectivity index (χ3n) is 4.12. The summed E-state index contributed by atoms with van der Waals surface area (Å²) in [6.45, 7) is 1.89. The number of benzene rings is 1. The zero-order chi connectivity index (χ0) is 19.2. The van der Waals surface area contributed by atoms with Crippen molar-refractivity contribution in [2.75, 3.05) is 27.9 Å². The second kappa shape index (κ2) is 8.59. The van der Waals surface area contributed by atoms with Gasteiger partial charge in [0.1, 0.15) is 12.8 Å². The number of fused-ring (bicyclic) bond motifs is 1. The quantitative estimate of drug-likeness (QED) is 0.289. The van der Waals surface area contributed by atoms with Crippen LogP contribution in [0.3, 0.4) is 0 Å². The fourth-order valence-corrected chi connectivity index (χ4v) is 3.02. The summed E-state index contributed by atoms with van der Waals surface area (Å²) in [5.41, 5.74) is -0.231. The van der Waals surface area contributed by atoms with Crippen molar-refractivity contribution < 1.29 is 28.9 Å². The number of hydrogen-bond acceptors (Lipinski definition) is 7. The van der Waals surface area contributed by atoms with Crippen LogP contribution in [0, 0.1) is 11.8 Å². The maximum atomic E-state index is 11.7. The summed E-state index contributed by atoms with van der Waals surface area (Å²) in [5, 5.41) is 15.4. The molecule has 0 bridgehead atoms. The highest BCUT2D eigenvalue weighted by molar-refractivity contribution is 5.99. The Morgan fingerprint density at radius 2 is 2.04 bits per heavy atom. The number of oxime groups is 1. The normalized spacial score (nSPS) is 20.3. The molecular weight excluding hydrogens is 338 g/mol. The fourth-order valence-electron chi connectivity index (χ4n) is 3.02. The lowest BCUT2D eigenvalue weighted by Gasteiger charge is -2.25. The van der Waals surface area contributed by atoms with Gasteiger partial charge in [0.2, 0.25) is 0 Å². The Morgan fingerprint density at radius 1 is 1.27 bits per heavy atom. The van der Waals surface area contributed by atoms with E-state index in [1.165, 1.54) is 14.2 Å². The molecule has 7 nitrogen and oxygen atoms in total. The largest absolute Gasteiger partial charge is 0.493 e. The minimum atomic E-state index is -1.80. The summed E-state index contributed by atoms with van der Waals surface area (Å²) in [4.78, 5) is 16.6. The van der Waals surface area contributed by atoms with Gasteiger partial charge in [-0.3, -0.25) is 0 Å². The monoisotopic (exact) mass is 361 g/mol. The molecule has 7 heteroatoms. The molecule has 0 aromatic heterocycles. The van der Waals surface area contributed by atoms with Crippen LogP contribution in [-0.2, 0) is 26.4 Å². The first kappa shape index (κ1) is 19.6. The molecule has 0 fully saturated rings. The van der Waals surface area contributed by atoms with Crippen molar-refractivity contribution >= 4 is 11.7 Å². The SMILES string of the molecule is CCOC(=O)C#CC1(O)/C(=N/OC)CCCc2c1ccc(OC)c2OC. The van der Waals surface area contributed by atoms with Crippen LogP contribution in [0.1, 0.15) is 30.9 Å². The molecule has 0 amide bonds. The van der Waals surface area contributed by atoms with Crippen LogP contribution < -0.4 is 9.47 Å². The van der Waals surface area contributed by atoms with E-state index >= 15 is 0 Å². The number of carbonyl (C=O) groups excluding carboxylic acids is 1. The van der Waals surface area contributed by atoms with Gasteiger partial charge >= 0.3 is 5.97 Å². The van der Waals surface area contributed by atoms with E-state index < -0.39 is 11.6 Å². The highest BCUT2D eigenvalue weighted by atomic mass is 16.6. The van der Waals surface area contributed by atoms with Crippen molar-refractivity contribution in [3.63, 3.8) is 0 Å². The van der Waals surface area contributed by atoms with Crippen molar-refractivity contribution in [2.45, 2.75) is 31.8 Å². The Balaban J connectivity index is 2.69. The van der Waals surface area contributed by atoms with Gasteiger partial charge in [0.25, 0.3) is 0 Å². The van der Waals surface area contributed by atoms with E-state index in [9.17, 15) is 9.90 Å². The molecule has 2 rings (SSSR count). The van der Waals surface area contributed by atoms with Gasteiger partial charge in [-0.1, -0.05) is 11.2 Å². The van der Waals surface area contributed by atoms with Crippen LogP contribution in [0.15, 0.2) is 17.3 Å². The number of ether oxygens (including phenoxy) is 3. The van der Waals surface area contributed by atoms with Gasteiger partial charge in [-0.2, -0.15) is 0 Å². The second-order valence-corrected chi connectivity index (χ2v) is 5.58. The third-order valence-corrected chi connectivity index (χ3v) is 4.12. The van der Waals surface area contributed by atoms with Crippen LogP contribution in [-0.4, -0.2) is 44.7 Å². The highest BCUT2D eigenvalue weighted by Gasteiger charge is 2.40. The van der Waals surface area contributed by atoms with Crippen LogP contribution in [0.2, 0.25) is 0 Å². The van der Waals surface area contributed by atoms with Gasteiger partial charge in [-0.25, -0.2) is 4.79 Å². The Bertz CT molecular complexity index is 761. The Morgan fingerprint density at radius 3 is 2.65 bits per heavy atom. The van der Waals surface area contributed by atoms with E-state index in [1.807, 2.05) is 0 Å². The van der Waals surface area contributed by atoms with Crippen LogP contribution in [0.25, 0.3) is 0 Å². The number of carbonyl (C=O) groups is 1. The number of aliphatic hydroxyl groups is 1. The third kappa shape index (κ3) is 3.75. The smallest absolute Gasteiger partial charge is 0.384 e. The Kier molecular flexibility index (Phi) is 6.47. The molecule has 0 spiro atoms. The summed E-state index contributed by atoms with van der Waals surface area (Å²) in [6.07, 6.45) is 1.77. The lowest BCUT2D eigenvalue weighted by molar-refractivity contribution is -0.136. The summed E-state index contributed by atoms with van der Waals surface area (Å²) in [5.74, 6) is 5.34. The molecule has 0 saturated carbocycles. The molecule has 1 aromatic carbocycles. The van der Waals surface area contributed by atoms with Crippen molar-refractivity contribution in [1.82, 2.24) is 0 Å². The predicted molar refractivity (Wildman–Crippen MR) is 95.2 cm³/mol. The van der Waals surface area contributed by atoms with E-state index in [1.54, 1.807) is 26.2 Å². The fraction of sp³-hybridized carbons (Fsp3) is 0.474. The molecule has 1 N–H and O–H groups in total. The molecule has 26 heavy (non-hydrogen) atoms. The molecule has 1 atom stereocenters. The molecule has 0 saturated heterocycles. The molecular formula is C19H23NO6. The predicted octanol–water partition coefficient (Wildman–Crippen LogP) is 1.80. The molecule has 0 radical (unpaired) electrons. The van der Waals surface area contributed by atoms with Gasteiger partial charge in [0.15, 0.2) is 17.1 Å². The van der Waals surface area contributed by atoms with Crippen LogP contribution in [0.5, 0.6) is 11.5 Å². The van der Waals surface area contributed by atoms with Gasteiger partial charge < -0.3 is 24.2 Å². The summed E-state index contributed by atoms with van der Waals surface area (Å²) in [6, 6.07) is 3.39. The summed E-state index contributed by atoms with van der Waals surface area (Å²) in [7, 11) is 4.48. The van der Waals surface area contributed by atoms with Crippen molar-refractivity contribution in [3.8, 4) is 23.3 Å². The minimum Gasteiger partial charge on any atom is -0.493 e. The number of nitrogens with zero attached hydrogens (tertiary/aromatic N) is 1. The summed E-state index contributed by atoms with van der Waals surface area (Å²) < 4.78 is 15.7. The average Bonchev–Trinajstić information content (AvgIpc) is 2.77. The zero-order valence-electron chi connectivity index (χ0n) is 15.4. The first-order valence-electron chi connectivity index (χ1n) is 8.28. The Labute approximate surface area is 152 Å². The summed E-state index contributed by atoms with van der Waals surface area (Å²) >= 11 is 0. The van der Waals surface area contributed by atoms with Gasteiger partial charge in [-0.05, 0) is 38.2 Å². The number of hydrogen-bond donors (Lipinski definition) is 1. The number of rotatable bonds is 4. The lowest BCUT2D eigenvalue weighted by atomic mass is 9.86. The lowest BCUT2D eigenvalue weighted by Crippen LogP contribution is -2.34.